The summed E-state index contributed by atoms with van der Waals surface area (Å²) in [4.78, 5) is 35.3. The van der Waals surface area contributed by atoms with Gasteiger partial charge in [0.05, 0.1) is 18.4 Å². The van der Waals surface area contributed by atoms with Crippen molar-refractivity contribution < 1.29 is 32.6 Å². The standard InChI is InChI=1S/C21H21F2N3O5/c1-30-17-12-13(6-8-16(17)31-21(22)23)7-9-19(28)26-15-5-3-2-4-14(15)20(29)25-11-10-18(24)27/h2-9,12,21H,10-11H2,1H3,(H2,24,27)(H,25,29)(H,26,28)/b9-7+. The zero-order valence-electron chi connectivity index (χ0n) is 16.6. The van der Waals surface area contributed by atoms with Crippen LogP contribution >= 0.6 is 0 Å². The molecule has 2 aromatic rings. The number of ether oxygens (including phenoxy) is 2. The molecule has 0 unspecified atom stereocenters. The van der Waals surface area contributed by atoms with E-state index in [0.29, 0.717) is 5.56 Å². The first kappa shape index (κ1) is 23.3. The fourth-order valence-electron chi connectivity index (χ4n) is 2.51. The van der Waals surface area contributed by atoms with Crippen LogP contribution in [-0.4, -0.2) is 38.0 Å². The van der Waals surface area contributed by atoms with Gasteiger partial charge in [0, 0.05) is 19.0 Å². The molecule has 0 saturated heterocycles. The van der Waals surface area contributed by atoms with E-state index in [1.807, 2.05) is 0 Å². The largest absolute Gasteiger partial charge is 0.493 e. The average molecular weight is 433 g/mol. The van der Waals surface area contributed by atoms with Gasteiger partial charge in [0.2, 0.25) is 11.8 Å². The first-order valence-electron chi connectivity index (χ1n) is 9.07. The Morgan fingerprint density at radius 2 is 1.87 bits per heavy atom. The molecule has 2 rings (SSSR count). The molecule has 0 aliphatic rings. The molecule has 0 radical (unpaired) electrons. The van der Waals surface area contributed by atoms with E-state index in [1.165, 1.54) is 43.5 Å². The number of methoxy groups -OCH3 is 1. The fraction of sp³-hybridized carbons (Fsp3) is 0.190. The molecule has 0 aromatic heterocycles. The van der Waals surface area contributed by atoms with E-state index < -0.39 is 24.3 Å². The molecular weight excluding hydrogens is 412 g/mol. The highest BCUT2D eigenvalue weighted by Gasteiger charge is 2.13. The Balaban J connectivity index is 2.07. The number of nitrogens with one attached hydrogen (secondary N) is 2. The van der Waals surface area contributed by atoms with Crippen LogP contribution < -0.4 is 25.8 Å². The number of carbonyl (C=O) groups is 3. The third kappa shape index (κ3) is 7.42. The monoisotopic (exact) mass is 433 g/mol. The number of rotatable bonds is 10. The van der Waals surface area contributed by atoms with Crippen LogP contribution in [0.1, 0.15) is 22.3 Å². The van der Waals surface area contributed by atoms with Gasteiger partial charge in [-0.3, -0.25) is 14.4 Å². The highest BCUT2D eigenvalue weighted by Crippen LogP contribution is 2.29. The van der Waals surface area contributed by atoms with Gasteiger partial charge in [-0.25, -0.2) is 0 Å². The molecule has 0 bridgehead atoms. The summed E-state index contributed by atoms with van der Waals surface area (Å²) >= 11 is 0. The molecule has 164 valence electrons. The van der Waals surface area contributed by atoms with Gasteiger partial charge in [-0.05, 0) is 35.9 Å². The first-order valence-corrected chi connectivity index (χ1v) is 9.07. The zero-order chi connectivity index (χ0) is 22.8. The summed E-state index contributed by atoms with van der Waals surface area (Å²) in [5, 5.41) is 5.14. The molecule has 0 saturated carbocycles. The van der Waals surface area contributed by atoms with E-state index in [4.69, 9.17) is 10.5 Å². The van der Waals surface area contributed by atoms with Gasteiger partial charge >= 0.3 is 6.61 Å². The molecule has 0 atom stereocenters. The summed E-state index contributed by atoms with van der Waals surface area (Å²) in [7, 11) is 1.30. The van der Waals surface area contributed by atoms with Crippen LogP contribution in [0.2, 0.25) is 0 Å². The van der Waals surface area contributed by atoms with E-state index in [2.05, 4.69) is 15.4 Å². The van der Waals surface area contributed by atoms with E-state index in [9.17, 15) is 23.2 Å². The number of carbonyl (C=O) groups excluding carboxylic acids is 3. The Morgan fingerprint density at radius 3 is 2.55 bits per heavy atom. The third-order valence-electron chi connectivity index (χ3n) is 3.92. The lowest BCUT2D eigenvalue weighted by atomic mass is 10.1. The lowest BCUT2D eigenvalue weighted by molar-refractivity contribution is -0.118. The highest BCUT2D eigenvalue weighted by molar-refractivity contribution is 6.07. The van der Waals surface area contributed by atoms with Crippen molar-refractivity contribution in [1.82, 2.24) is 5.32 Å². The highest BCUT2D eigenvalue weighted by atomic mass is 19.3. The quantitative estimate of drug-likeness (QED) is 0.498. The van der Waals surface area contributed by atoms with Gasteiger partial charge in [-0.1, -0.05) is 18.2 Å². The summed E-state index contributed by atoms with van der Waals surface area (Å²) in [6.07, 6.45) is 2.65. The van der Waals surface area contributed by atoms with Gasteiger partial charge in [0.15, 0.2) is 11.5 Å². The topological polar surface area (TPSA) is 120 Å². The Labute approximate surface area is 177 Å². The second-order valence-corrected chi connectivity index (χ2v) is 6.13. The maximum absolute atomic E-state index is 12.4. The Bertz CT molecular complexity index is 979. The summed E-state index contributed by atoms with van der Waals surface area (Å²) in [5.74, 6) is -1.58. The van der Waals surface area contributed by atoms with Crippen molar-refractivity contribution in [2.24, 2.45) is 5.73 Å². The third-order valence-corrected chi connectivity index (χ3v) is 3.92. The Morgan fingerprint density at radius 1 is 1.13 bits per heavy atom. The van der Waals surface area contributed by atoms with E-state index in [1.54, 1.807) is 18.2 Å². The fourth-order valence-corrected chi connectivity index (χ4v) is 2.51. The normalized spacial score (nSPS) is 10.7. The molecule has 8 nitrogen and oxygen atoms in total. The van der Waals surface area contributed by atoms with E-state index >= 15 is 0 Å². The summed E-state index contributed by atoms with van der Waals surface area (Å²) in [6, 6.07) is 10.6. The number of primary amides is 1. The van der Waals surface area contributed by atoms with Crippen molar-refractivity contribution in [2.75, 3.05) is 19.0 Å². The molecule has 2 aromatic carbocycles. The van der Waals surface area contributed by atoms with Crippen molar-refractivity contribution in [2.45, 2.75) is 13.0 Å². The zero-order valence-corrected chi connectivity index (χ0v) is 16.6. The number of nitrogens with two attached hydrogens (primary N) is 1. The van der Waals surface area contributed by atoms with Crippen LogP contribution in [0.4, 0.5) is 14.5 Å². The molecule has 4 N–H and O–H groups in total. The minimum atomic E-state index is -2.99. The molecule has 3 amide bonds. The lowest BCUT2D eigenvalue weighted by Crippen LogP contribution is -2.28. The molecule has 0 aliphatic carbocycles. The summed E-state index contributed by atoms with van der Waals surface area (Å²) in [6.45, 7) is -2.92. The number of para-hydroxylation sites is 1. The first-order chi connectivity index (χ1) is 14.8. The molecule has 0 fully saturated rings. The molecule has 10 heteroatoms. The number of alkyl halides is 2. The van der Waals surface area contributed by atoms with Gasteiger partial charge in [-0.15, -0.1) is 0 Å². The average Bonchev–Trinajstić information content (AvgIpc) is 2.72. The second-order valence-electron chi connectivity index (χ2n) is 6.13. The Hall–Kier alpha value is -3.95. The number of hydrogen-bond donors (Lipinski definition) is 3. The van der Waals surface area contributed by atoms with Gasteiger partial charge in [0.1, 0.15) is 0 Å². The van der Waals surface area contributed by atoms with Gasteiger partial charge in [0.25, 0.3) is 5.91 Å². The number of anilines is 1. The number of halogens is 2. The van der Waals surface area contributed by atoms with Crippen LogP contribution in [0.15, 0.2) is 48.5 Å². The maximum Gasteiger partial charge on any atom is 0.387 e. The number of hydrogen-bond acceptors (Lipinski definition) is 5. The smallest absolute Gasteiger partial charge is 0.387 e. The summed E-state index contributed by atoms with van der Waals surface area (Å²) in [5.41, 5.74) is 6.03. The van der Waals surface area contributed by atoms with Gasteiger partial charge in [-0.2, -0.15) is 8.78 Å². The Kier molecular flexibility index (Phi) is 8.50. The molecule has 31 heavy (non-hydrogen) atoms. The molecule has 0 spiro atoms. The lowest BCUT2D eigenvalue weighted by Gasteiger charge is -2.11. The van der Waals surface area contributed by atoms with Crippen molar-refractivity contribution >= 4 is 29.5 Å². The van der Waals surface area contributed by atoms with Crippen molar-refractivity contribution in [1.29, 1.82) is 0 Å². The van der Waals surface area contributed by atoms with Crippen molar-refractivity contribution in [3.8, 4) is 11.5 Å². The summed E-state index contributed by atoms with van der Waals surface area (Å²) < 4.78 is 34.2. The van der Waals surface area contributed by atoms with Crippen LogP contribution in [0, 0.1) is 0 Å². The minimum absolute atomic E-state index is 0.00634. The van der Waals surface area contributed by atoms with E-state index in [-0.39, 0.29) is 35.7 Å². The van der Waals surface area contributed by atoms with Crippen molar-refractivity contribution in [3.05, 3.63) is 59.7 Å². The second kappa shape index (κ2) is 11.3. The molecule has 0 heterocycles. The van der Waals surface area contributed by atoms with Gasteiger partial charge < -0.3 is 25.8 Å². The molecular formula is C21H21F2N3O5. The number of benzene rings is 2. The van der Waals surface area contributed by atoms with Crippen LogP contribution in [0.5, 0.6) is 11.5 Å². The number of amides is 3. The van der Waals surface area contributed by atoms with Crippen LogP contribution in [0.25, 0.3) is 6.08 Å². The van der Waals surface area contributed by atoms with Crippen molar-refractivity contribution in [3.63, 3.8) is 0 Å². The SMILES string of the molecule is COc1cc(/C=C/C(=O)Nc2ccccc2C(=O)NCCC(N)=O)ccc1OC(F)F. The van der Waals surface area contributed by atoms with Crippen LogP contribution in [0.3, 0.4) is 0 Å². The minimum Gasteiger partial charge on any atom is -0.493 e. The van der Waals surface area contributed by atoms with Crippen LogP contribution in [-0.2, 0) is 9.59 Å². The molecule has 0 aliphatic heterocycles. The predicted molar refractivity (Wildman–Crippen MR) is 110 cm³/mol. The van der Waals surface area contributed by atoms with E-state index in [0.717, 1.165) is 0 Å². The predicted octanol–water partition coefficient (Wildman–Crippen LogP) is 2.55. The maximum atomic E-state index is 12.4.